The largest absolute Gasteiger partial charge is 0.494 e. The lowest BCUT2D eigenvalue weighted by atomic mass is 9.94. The minimum absolute atomic E-state index is 0.0862. The summed E-state index contributed by atoms with van der Waals surface area (Å²) in [5, 5.41) is 0. The summed E-state index contributed by atoms with van der Waals surface area (Å²) in [7, 11) is 0. The van der Waals surface area contributed by atoms with E-state index in [1.54, 1.807) is 0 Å². The van der Waals surface area contributed by atoms with E-state index >= 15 is 0 Å². The first-order chi connectivity index (χ1) is 10.2. The predicted molar refractivity (Wildman–Crippen MR) is 88.8 cm³/mol. The number of hydrogen-bond donors (Lipinski definition) is 1. The maximum Gasteiger partial charge on any atom is 0.119 e. The maximum atomic E-state index is 6.41. The van der Waals surface area contributed by atoms with Gasteiger partial charge in [0, 0.05) is 0 Å². The van der Waals surface area contributed by atoms with Crippen molar-refractivity contribution in [1.82, 2.24) is 0 Å². The average Bonchev–Trinajstić information content (AvgIpc) is 2.54. The quantitative estimate of drug-likeness (QED) is 0.859. The summed E-state index contributed by atoms with van der Waals surface area (Å²) < 4.78 is 5.47. The molecule has 0 aromatic heterocycles. The van der Waals surface area contributed by atoms with E-state index in [0.717, 1.165) is 24.2 Å². The van der Waals surface area contributed by atoms with Gasteiger partial charge >= 0.3 is 0 Å². The Balaban J connectivity index is 2.24. The molecular formula is C19H25NO. The fourth-order valence-corrected chi connectivity index (χ4v) is 2.64. The van der Waals surface area contributed by atoms with Crippen molar-refractivity contribution < 1.29 is 4.74 Å². The Bertz CT molecular complexity index is 575. The highest BCUT2D eigenvalue weighted by atomic mass is 16.5. The van der Waals surface area contributed by atoms with Crippen LogP contribution < -0.4 is 10.5 Å². The number of ether oxygens (including phenoxy) is 1. The lowest BCUT2D eigenvalue weighted by Gasteiger charge is -2.16. The zero-order valence-corrected chi connectivity index (χ0v) is 13.2. The summed E-state index contributed by atoms with van der Waals surface area (Å²) in [6, 6.07) is 14.6. The van der Waals surface area contributed by atoms with Gasteiger partial charge in [0.15, 0.2) is 0 Å². The van der Waals surface area contributed by atoms with Gasteiger partial charge in [-0.25, -0.2) is 0 Å². The van der Waals surface area contributed by atoms with Gasteiger partial charge in [-0.15, -0.1) is 0 Å². The van der Waals surface area contributed by atoms with Gasteiger partial charge in [-0.1, -0.05) is 44.2 Å². The third-order valence-corrected chi connectivity index (χ3v) is 3.90. The van der Waals surface area contributed by atoms with Crippen molar-refractivity contribution in [2.75, 3.05) is 6.61 Å². The van der Waals surface area contributed by atoms with Gasteiger partial charge in [-0.2, -0.15) is 0 Å². The summed E-state index contributed by atoms with van der Waals surface area (Å²) in [5.74, 6) is 0.893. The Labute approximate surface area is 127 Å². The predicted octanol–water partition coefficient (Wildman–Crippen LogP) is 4.26. The zero-order valence-electron chi connectivity index (χ0n) is 13.2. The normalized spacial score (nSPS) is 12.2. The Morgan fingerprint density at radius 3 is 2.05 bits per heavy atom. The summed E-state index contributed by atoms with van der Waals surface area (Å²) in [4.78, 5) is 0. The van der Waals surface area contributed by atoms with Gasteiger partial charge in [0.2, 0.25) is 0 Å². The van der Waals surface area contributed by atoms with E-state index in [0.29, 0.717) is 6.61 Å². The fraction of sp³-hybridized carbons (Fsp3) is 0.368. The standard InChI is InChI=1S/C19H25NO/c1-4-14-7-8-17(13-15(14)5-2)19(20)16-9-11-18(12-10-16)21-6-3/h7-13,19H,4-6,20H2,1-3H3. The number of aryl methyl sites for hydroxylation is 2. The van der Waals surface area contributed by atoms with E-state index in [1.165, 1.54) is 16.7 Å². The Morgan fingerprint density at radius 2 is 1.48 bits per heavy atom. The van der Waals surface area contributed by atoms with Crippen molar-refractivity contribution in [2.24, 2.45) is 5.73 Å². The van der Waals surface area contributed by atoms with E-state index in [1.807, 2.05) is 19.1 Å². The molecular weight excluding hydrogens is 258 g/mol. The molecule has 0 aliphatic rings. The Hall–Kier alpha value is -1.80. The van der Waals surface area contributed by atoms with Crippen molar-refractivity contribution in [3.63, 3.8) is 0 Å². The van der Waals surface area contributed by atoms with E-state index in [2.05, 4.69) is 44.2 Å². The van der Waals surface area contributed by atoms with Crippen LogP contribution in [0.3, 0.4) is 0 Å². The van der Waals surface area contributed by atoms with Gasteiger partial charge in [-0.3, -0.25) is 0 Å². The molecule has 0 saturated heterocycles. The number of benzene rings is 2. The highest BCUT2D eigenvalue weighted by Crippen LogP contribution is 2.24. The topological polar surface area (TPSA) is 35.2 Å². The van der Waals surface area contributed by atoms with Crippen LogP contribution in [0, 0.1) is 0 Å². The van der Waals surface area contributed by atoms with E-state index in [-0.39, 0.29) is 6.04 Å². The molecule has 2 rings (SSSR count). The number of nitrogens with two attached hydrogens (primary N) is 1. The Kier molecular flexibility index (Phi) is 5.40. The monoisotopic (exact) mass is 283 g/mol. The summed E-state index contributed by atoms with van der Waals surface area (Å²) in [6.07, 6.45) is 2.12. The molecule has 2 aromatic carbocycles. The number of hydrogen-bond acceptors (Lipinski definition) is 2. The lowest BCUT2D eigenvalue weighted by molar-refractivity contribution is 0.340. The first-order valence-corrected chi connectivity index (χ1v) is 7.79. The molecule has 112 valence electrons. The minimum Gasteiger partial charge on any atom is -0.494 e. The molecule has 0 fully saturated rings. The fourth-order valence-electron chi connectivity index (χ4n) is 2.64. The maximum absolute atomic E-state index is 6.41. The lowest BCUT2D eigenvalue weighted by Crippen LogP contribution is -2.12. The second-order valence-corrected chi connectivity index (χ2v) is 5.21. The molecule has 2 aromatic rings. The van der Waals surface area contributed by atoms with E-state index in [4.69, 9.17) is 10.5 Å². The van der Waals surface area contributed by atoms with Crippen LogP contribution in [0.4, 0.5) is 0 Å². The van der Waals surface area contributed by atoms with Crippen LogP contribution in [0.5, 0.6) is 5.75 Å². The molecule has 0 bridgehead atoms. The highest BCUT2D eigenvalue weighted by molar-refractivity contribution is 5.39. The summed E-state index contributed by atoms with van der Waals surface area (Å²) >= 11 is 0. The molecule has 0 spiro atoms. The van der Waals surface area contributed by atoms with E-state index in [9.17, 15) is 0 Å². The first-order valence-electron chi connectivity index (χ1n) is 7.79. The summed E-state index contributed by atoms with van der Waals surface area (Å²) in [6.45, 7) is 7.06. The van der Waals surface area contributed by atoms with Crippen molar-refractivity contribution >= 4 is 0 Å². The van der Waals surface area contributed by atoms with Crippen LogP contribution in [0.15, 0.2) is 42.5 Å². The summed E-state index contributed by atoms with van der Waals surface area (Å²) in [5.41, 5.74) is 11.5. The second-order valence-electron chi connectivity index (χ2n) is 5.21. The van der Waals surface area contributed by atoms with Gasteiger partial charge in [0.25, 0.3) is 0 Å². The van der Waals surface area contributed by atoms with Crippen LogP contribution in [0.25, 0.3) is 0 Å². The second kappa shape index (κ2) is 7.28. The van der Waals surface area contributed by atoms with Crippen molar-refractivity contribution in [2.45, 2.75) is 39.7 Å². The third kappa shape index (κ3) is 3.64. The Morgan fingerprint density at radius 1 is 0.857 bits per heavy atom. The van der Waals surface area contributed by atoms with Crippen LogP contribution >= 0.6 is 0 Å². The molecule has 1 atom stereocenters. The molecule has 21 heavy (non-hydrogen) atoms. The molecule has 0 heterocycles. The van der Waals surface area contributed by atoms with Crippen molar-refractivity contribution in [3.05, 3.63) is 64.7 Å². The smallest absolute Gasteiger partial charge is 0.119 e. The van der Waals surface area contributed by atoms with Crippen LogP contribution in [0.2, 0.25) is 0 Å². The highest BCUT2D eigenvalue weighted by Gasteiger charge is 2.11. The van der Waals surface area contributed by atoms with Gasteiger partial charge in [-0.05, 0) is 54.2 Å². The van der Waals surface area contributed by atoms with E-state index < -0.39 is 0 Å². The molecule has 0 aliphatic heterocycles. The zero-order chi connectivity index (χ0) is 15.2. The first kappa shape index (κ1) is 15.6. The molecule has 2 nitrogen and oxygen atoms in total. The molecule has 0 saturated carbocycles. The minimum atomic E-state index is -0.0862. The SMILES string of the molecule is CCOc1ccc(C(N)c2ccc(CC)c(CC)c2)cc1. The van der Waals surface area contributed by atoms with Crippen LogP contribution in [0.1, 0.15) is 49.1 Å². The molecule has 2 heteroatoms. The average molecular weight is 283 g/mol. The molecule has 0 aliphatic carbocycles. The van der Waals surface area contributed by atoms with Crippen LogP contribution in [-0.4, -0.2) is 6.61 Å². The third-order valence-electron chi connectivity index (χ3n) is 3.90. The van der Waals surface area contributed by atoms with Crippen molar-refractivity contribution in [3.8, 4) is 5.75 Å². The van der Waals surface area contributed by atoms with Gasteiger partial charge in [0.1, 0.15) is 5.75 Å². The molecule has 0 radical (unpaired) electrons. The van der Waals surface area contributed by atoms with Crippen LogP contribution in [-0.2, 0) is 12.8 Å². The molecule has 1 unspecified atom stereocenters. The molecule has 0 amide bonds. The van der Waals surface area contributed by atoms with Gasteiger partial charge in [0.05, 0.1) is 12.6 Å². The molecule has 2 N–H and O–H groups in total. The number of rotatable bonds is 6. The van der Waals surface area contributed by atoms with Crippen molar-refractivity contribution in [1.29, 1.82) is 0 Å². The van der Waals surface area contributed by atoms with Gasteiger partial charge < -0.3 is 10.5 Å².